The van der Waals surface area contributed by atoms with Gasteiger partial charge in [-0.25, -0.2) is 4.98 Å². The molecule has 6 nitrogen and oxygen atoms in total. The standard InChI is InChI=1S/C19H23N3O3S/c1-2-25-19(24)15-6-4-10-22(12-15)17(23)8-7-16-13-26-18(21-16)14-5-3-9-20-11-14/h3,5,9,11,13,15H,2,4,6-8,10,12H2,1H3. The zero-order chi connectivity index (χ0) is 18.4. The first-order chi connectivity index (χ1) is 12.7. The van der Waals surface area contributed by atoms with Crippen LogP contribution < -0.4 is 0 Å². The van der Waals surface area contributed by atoms with E-state index in [0.29, 0.717) is 32.5 Å². The lowest BCUT2D eigenvalue weighted by Crippen LogP contribution is -2.42. The Hall–Kier alpha value is -2.28. The maximum Gasteiger partial charge on any atom is 0.310 e. The molecule has 1 aliphatic rings. The lowest BCUT2D eigenvalue weighted by molar-refractivity contribution is -0.151. The number of rotatable bonds is 6. The fourth-order valence-electron chi connectivity index (χ4n) is 3.09. The molecule has 2 aromatic heterocycles. The molecule has 1 amide bonds. The smallest absolute Gasteiger partial charge is 0.310 e. The van der Waals surface area contributed by atoms with Gasteiger partial charge in [-0.3, -0.25) is 14.6 Å². The van der Waals surface area contributed by atoms with Crippen LogP contribution in [0.5, 0.6) is 0 Å². The normalized spacial score (nSPS) is 17.1. The number of ether oxygens (including phenoxy) is 1. The van der Waals surface area contributed by atoms with Gasteiger partial charge in [0, 0.05) is 42.8 Å². The van der Waals surface area contributed by atoms with Crippen LogP contribution >= 0.6 is 11.3 Å². The summed E-state index contributed by atoms with van der Waals surface area (Å²) in [5, 5.41) is 2.91. The second-order valence-corrected chi connectivity index (χ2v) is 7.17. The molecule has 0 bridgehead atoms. The van der Waals surface area contributed by atoms with Crippen LogP contribution in [0, 0.1) is 5.92 Å². The van der Waals surface area contributed by atoms with Gasteiger partial charge in [0.15, 0.2) is 0 Å². The van der Waals surface area contributed by atoms with Crippen molar-refractivity contribution in [1.82, 2.24) is 14.9 Å². The van der Waals surface area contributed by atoms with Gasteiger partial charge in [-0.05, 0) is 38.3 Å². The first kappa shape index (κ1) is 18.5. The molecule has 0 N–H and O–H groups in total. The average Bonchev–Trinajstić information content (AvgIpc) is 3.16. The molecule has 0 spiro atoms. The highest BCUT2D eigenvalue weighted by atomic mass is 32.1. The van der Waals surface area contributed by atoms with Crippen LogP contribution in [0.4, 0.5) is 0 Å². The van der Waals surface area contributed by atoms with Crippen molar-refractivity contribution in [3.8, 4) is 10.6 Å². The monoisotopic (exact) mass is 373 g/mol. The Labute approximate surface area is 157 Å². The lowest BCUT2D eigenvalue weighted by atomic mass is 9.98. The van der Waals surface area contributed by atoms with E-state index < -0.39 is 0 Å². The van der Waals surface area contributed by atoms with E-state index in [1.165, 1.54) is 0 Å². The summed E-state index contributed by atoms with van der Waals surface area (Å²) < 4.78 is 5.09. The van der Waals surface area contributed by atoms with Gasteiger partial charge in [-0.2, -0.15) is 0 Å². The van der Waals surface area contributed by atoms with Crippen LogP contribution in [0.1, 0.15) is 31.9 Å². The Morgan fingerprint density at radius 1 is 1.42 bits per heavy atom. The van der Waals surface area contributed by atoms with Crippen LogP contribution in [-0.2, 0) is 20.7 Å². The molecule has 0 aromatic carbocycles. The van der Waals surface area contributed by atoms with Crippen LogP contribution in [-0.4, -0.2) is 46.4 Å². The van der Waals surface area contributed by atoms with E-state index in [-0.39, 0.29) is 17.8 Å². The average molecular weight is 373 g/mol. The Morgan fingerprint density at radius 3 is 3.08 bits per heavy atom. The number of carbonyl (C=O) groups is 2. The molecule has 2 aromatic rings. The lowest BCUT2D eigenvalue weighted by Gasteiger charge is -2.31. The molecule has 1 atom stereocenters. The summed E-state index contributed by atoms with van der Waals surface area (Å²) in [6.07, 6.45) is 6.18. The van der Waals surface area contributed by atoms with Crippen molar-refractivity contribution in [1.29, 1.82) is 0 Å². The number of esters is 1. The number of aromatic nitrogens is 2. The van der Waals surface area contributed by atoms with Crippen LogP contribution in [0.3, 0.4) is 0 Å². The summed E-state index contributed by atoms with van der Waals surface area (Å²) in [6.45, 7) is 3.37. The Balaban J connectivity index is 1.52. The summed E-state index contributed by atoms with van der Waals surface area (Å²) >= 11 is 1.56. The fraction of sp³-hybridized carbons (Fsp3) is 0.474. The zero-order valence-corrected chi connectivity index (χ0v) is 15.7. The van der Waals surface area contributed by atoms with Crippen molar-refractivity contribution in [2.45, 2.75) is 32.6 Å². The van der Waals surface area contributed by atoms with Crippen molar-refractivity contribution >= 4 is 23.2 Å². The van der Waals surface area contributed by atoms with Crippen LogP contribution in [0.25, 0.3) is 10.6 Å². The molecule has 26 heavy (non-hydrogen) atoms. The van der Waals surface area contributed by atoms with E-state index >= 15 is 0 Å². The van der Waals surface area contributed by atoms with Gasteiger partial charge in [0.25, 0.3) is 0 Å². The highest BCUT2D eigenvalue weighted by Crippen LogP contribution is 2.24. The summed E-state index contributed by atoms with van der Waals surface area (Å²) in [7, 11) is 0. The van der Waals surface area contributed by atoms with E-state index in [1.54, 1.807) is 35.6 Å². The van der Waals surface area contributed by atoms with Crippen LogP contribution in [0.15, 0.2) is 29.9 Å². The third-order valence-corrected chi connectivity index (χ3v) is 5.39. The Kier molecular flexibility index (Phi) is 6.33. The first-order valence-corrected chi connectivity index (χ1v) is 9.84. The molecule has 0 radical (unpaired) electrons. The number of pyridine rings is 1. The molecule has 1 saturated heterocycles. The number of likely N-dealkylation sites (tertiary alicyclic amines) is 1. The summed E-state index contributed by atoms with van der Waals surface area (Å²) in [4.78, 5) is 34.9. The largest absolute Gasteiger partial charge is 0.466 e. The summed E-state index contributed by atoms with van der Waals surface area (Å²) in [5.41, 5.74) is 1.91. The highest BCUT2D eigenvalue weighted by molar-refractivity contribution is 7.13. The fourth-order valence-corrected chi connectivity index (χ4v) is 3.94. The maximum absolute atomic E-state index is 12.5. The third-order valence-electron chi connectivity index (χ3n) is 4.45. The van der Waals surface area contributed by atoms with Crippen LogP contribution in [0.2, 0.25) is 0 Å². The van der Waals surface area contributed by atoms with Crippen molar-refractivity contribution in [3.63, 3.8) is 0 Å². The third kappa shape index (κ3) is 4.66. The second kappa shape index (κ2) is 8.89. The van der Waals surface area contributed by atoms with Gasteiger partial charge in [0.2, 0.25) is 5.91 Å². The minimum Gasteiger partial charge on any atom is -0.466 e. The SMILES string of the molecule is CCOC(=O)C1CCCN(C(=O)CCc2csc(-c3cccnc3)n2)C1. The summed E-state index contributed by atoms with van der Waals surface area (Å²) in [5.74, 6) is -0.301. The second-order valence-electron chi connectivity index (χ2n) is 6.32. The molecule has 3 heterocycles. The Bertz CT molecular complexity index is 747. The Morgan fingerprint density at radius 2 is 2.31 bits per heavy atom. The quantitative estimate of drug-likeness (QED) is 0.728. The minimum absolute atomic E-state index is 0.0786. The number of thiazole rings is 1. The number of nitrogens with zero attached hydrogens (tertiary/aromatic N) is 3. The van der Waals surface area contributed by atoms with E-state index in [4.69, 9.17) is 4.74 Å². The van der Waals surface area contributed by atoms with Crippen molar-refractivity contribution in [2.24, 2.45) is 5.92 Å². The highest BCUT2D eigenvalue weighted by Gasteiger charge is 2.29. The van der Waals surface area contributed by atoms with Gasteiger partial charge in [-0.15, -0.1) is 11.3 Å². The first-order valence-electron chi connectivity index (χ1n) is 8.96. The van der Waals surface area contributed by atoms with Crippen molar-refractivity contribution in [2.75, 3.05) is 19.7 Å². The number of amides is 1. The van der Waals surface area contributed by atoms with Crippen molar-refractivity contribution in [3.05, 3.63) is 35.6 Å². The van der Waals surface area contributed by atoms with Gasteiger partial charge < -0.3 is 9.64 Å². The molecule has 1 aliphatic heterocycles. The minimum atomic E-state index is -0.191. The topological polar surface area (TPSA) is 72.4 Å². The molecule has 1 unspecified atom stereocenters. The van der Waals surface area contributed by atoms with E-state index in [2.05, 4.69) is 9.97 Å². The molecule has 0 aliphatic carbocycles. The number of piperidine rings is 1. The molecular weight excluding hydrogens is 350 g/mol. The number of hydrogen-bond donors (Lipinski definition) is 0. The zero-order valence-electron chi connectivity index (χ0n) is 14.9. The number of carbonyl (C=O) groups excluding carboxylic acids is 2. The molecule has 138 valence electrons. The van der Waals surface area contributed by atoms with E-state index in [9.17, 15) is 9.59 Å². The number of hydrogen-bond acceptors (Lipinski definition) is 6. The number of aryl methyl sites for hydroxylation is 1. The molecule has 1 fully saturated rings. The molecule has 7 heteroatoms. The molecule has 0 saturated carbocycles. The molecular formula is C19H23N3O3S. The summed E-state index contributed by atoms with van der Waals surface area (Å²) in [6, 6.07) is 3.86. The predicted octanol–water partition coefficient (Wildman–Crippen LogP) is 2.94. The van der Waals surface area contributed by atoms with E-state index in [0.717, 1.165) is 29.1 Å². The van der Waals surface area contributed by atoms with Gasteiger partial charge >= 0.3 is 5.97 Å². The van der Waals surface area contributed by atoms with E-state index in [1.807, 2.05) is 17.5 Å². The van der Waals surface area contributed by atoms with Gasteiger partial charge in [0.1, 0.15) is 5.01 Å². The predicted molar refractivity (Wildman–Crippen MR) is 99.6 cm³/mol. The van der Waals surface area contributed by atoms with Gasteiger partial charge in [-0.1, -0.05) is 0 Å². The van der Waals surface area contributed by atoms with Gasteiger partial charge in [0.05, 0.1) is 18.2 Å². The van der Waals surface area contributed by atoms with Crippen molar-refractivity contribution < 1.29 is 14.3 Å². The molecule has 3 rings (SSSR count). The maximum atomic E-state index is 12.5.